The molecule has 1 fully saturated rings. The summed E-state index contributed by atoms with van der Waals surface area (Å²) in [6.07, 6.45) is 1.86. The fourth-order valence-electron chi connectivity index (χ4n) is 3.74. The van der Waals surface area contributed by atoms with E-state index in [0.29, 0.717) is 18.7 Å². The van der Waals surface area contributed by atoms with Gasteiger partial charge in [-0.3, -0.25) is 14.5 Å². The van der Waals surface area contributed by atoms with Gasteiger partial charge >= 0.3 is 6.03 Å². The average Bonchev–Trinajstić information content (AvgIpc) is 2.97. The molecular weight excluding hydrogens is 382 g/mol. The van der Waals surface area contributed by atoms with Crippen LogP contribution in [-0.2, 0) is 15.1 Å². The second-order valence-electron chi connectivity index (χ2n) is 7.70. The Hall–Kier alpha value is -3.09. The number of methoxy groups -OCH3 is 1. The fraction of sp³-hybridized carbons (Fsp3) is 0.435. The van der Waals surface area contributed by atoms with Crippen LogP contribution >= 0.6 is 0 Å². The largest absolute Gasteiger partial charge is 0.497 e. The van der Waals surface area contributed by atoms with Gasteiger partial charge in [-0.2, -0.15) is 0 Å². The minimum Gasteiger partial charge on any atom is -0.497 e. The van der Waals surface area contributed by atoms with Gasteiger partial charge < -0.3 is 15.0 Å². The Bertz CT molecular complexity index is 974. The van der Waals surface area contributed by atoms with Crippen molar-refractivity contribution in [2.75, 3.05) is 26.7 Å². The first-order valence-corrected chi connectivity index (χ1v) is 10.3. The van der Waals surface area contributed by atoms with Gasteiger partial charge in [0.25, 0.3) is 5.91 Å². The number of ether oxygens (including phenoxy) is 1. The van der Waals surface area contributed by atoms with Crippen LogP contribution < -0.4 is 10.1 Å². The molecule has 3 rings (SSSR count). The van der Waals surface area contributed by atoms with E-state index in [1.54, 1.807) is 18.9 Å². The monoisotopic (exact) mass is 411 g/mol. The number of likely N-dealkylation sites (N-methyl/N-ethyl adjacent to an activating group) is 1. The molecule has 1 N–H and O–H groups in total. The lowest BCUT2D eigenvalue weighted by atomic mass is 9.90. The number of fused-ring (bicyclic) bond motifs is 1. The van der Waals surface area contributed by atoms with E-state index >= 15 is 0 Å². The van der Waals surface area contributed by atoms with E-state index in [4.69, 9.17) is 4.74 Å². The van der Waals surface area contributed by atoms with E-state index in [9.17, 15) is 14.4 Å². The number of hydrogen-bond donors (Lipinski definition) is 1. The average molecular weight is 412 g/mol. The molecule has 30 heavy (non-hydrogen) atoms. The predicted octanol–water partition coefficient (Wildman–Crippen LogP) is 3.26. The lowest BCUT2D eigenvalue weighted by molar-refractivity contribution is -0.138. The van der Waals surface area contributed by atoms with E-state index in [-0.39, 0.29) is 12.5 Å². The topological polar surface area (TPSA) is 79.0 Å². The fourth-order valence-corrected chi connectivity index (χ4v) is 3.74. The maximum absolute atomic E-state index is 13.2. The minimum atomic E-state index is -1.22. The number of amides is 4. The minimum absolute atomic E-state index is 0.218. The van der Waals surface area contributed by atoms with Gasteiger partial charge in [0.05, 0.1) is 7.11 Å². The van der Waals surface area contributed by atoms with E-state index < -0.39 is 17.5 Å². The highest BCUT2D eigenvalue weighted by Gasteiger charge is 2.49. The Morgan fingerprint density at radius 1 is 1.13 bits per heavy atom. The van der Waals surface area contributed by atoms with Gasteiger partial charge in [0.1, 0.15) is 17.8 Å². The van der Waals surface area contributed by atoms with Crippen molar-refractivity contribution in [3.8, 4) is 5.75 Å². The number of hydrogen-bond acceptors (Lipinski definition) is 4. The van der Waals surface area contributed by atoms with Crippen molar-refractivity contribution in [3.05, 3.63) is 42.0 Å². The summed E-state index contributed by atoms with van der Waals surface area (Å²) < 4.78 is 5.25. The van der Waals surface area contributed by atoms with E-state index in [0.717, 1.165) is 34.3 Å². The maximum Gasteiger partial charge on any atom is 0.325 e. The standard InChI is InChI=1S/C23H29N3O4/c1-5-7-12-25(6-2)20(27)15-26-21(28)23(3,24-22(26)29)18-10-8-17-14-19(30-4)11-9-16(17)13-18/h8-11,13-14H,5-7,12,15H2,1-4H3,(H,24,29)/t23-/m0/s1. The Labute approximate surface area is 177 Å². The zero-order chi connectivity index (χ0) is 21.9. The number of carbonyl (C=O) groups is 3. The van der Waals surface area contributed by atoms with Crippen LogP contribution in [0.2, 0.25) is 0 Å². The first kappa shape index (κ1) is 21.6. The van der Waals surface area contributed by atoms with Crippen LogP contribution in [0.15, 0.2) is 36.4 Å². The van der Waals surface area contributed by atoms with Crippen LogP contribution in [-0.4, -0.2) is 54.4 Å². The highest BCUT2D eigenvalue weighted by Crippen LogP contribution is 2.32. The smallest absolute Gasteiger partial charge is 0.325 e. The summed E-state index contributed by atoms with van der Waals surface area (Å²) in [7, 11) is 1.61. The molecule has 2 aromatic rings. The third-order valence-corrected chi connectivity index (χ3v) is 5.71. The molecule has 2 aromatic carbocycles. The molecule has 1 atom stereocenters. The molecule has 160 valence electrons. The first-order valence-electron chi connectivity index (χ1n) is 10.3. The van der Waals surface area contributed by atoms with Crippen LogP contribution in [0.1, 0.15) is 39.2 Å². The first-order chi connectivity index (χ1) is 14.3. The molecule has 0 saturated carbocycles. The van der Waals surface area contributed by atoms with Gasteiger partial charge in [0.2, 0.25) is 5.91 Å². The van der Waals surface area contributed by atoms with Crippen molar-refractivity contribution in [2.24, 2.45) is 0 Å². The summed E-state index contributed by atoms with van der Waals surface area (Å²) in [4.78, 5) is 41.1. The Balaban J connectivity index is 1.83. The molecule has 7 nitrogen and oxygen atoms in total. The molecule has 7 heteroatoms. The van der Waals surface area contributed by atoms with E-state index in [2.05, 4.69) is 12.2 Å². The summed E-state index contributed by atoms with van der Waals surface area (Å²) in [5.74, 6) is 0.115. The number of nitrogens with zero attached hydrogens (tertiary/aromatic N) is 2. The van der Waals surface area contributed by atoms with E-state index in [1.165, 1.54) is 0 Å². The Morgan fingerprint density at radius 2 is 1.83 bits per heavy atom. The molecule has 0 aliphatic carbocycles. The molecule has 1 aliphatic rings. The number of imide groups is 1. The molecule has 1 heterocycles. The van der Waals surface area contributed by atoms with Crippen molar-refractivity contribution >= 4 is 28.6 Å². The molecule has 0 spiro atoms. The summed E-state index contributed by atoms with van der Waals surface area (Å²) in [6, 6.07) is 10.7. The van der Waals surface area contributed by atoms with Gasteiger partial charge in [-0.15, -0.1) is 0 Å². The molecule has 0 radical (unpaired) electrons. The number of urea groups is 1. The molecule has 1 aliphatic heterocycles. The lowest BCUT2D eigenvalue weighted by Gasteiger charge is -2.24. The van der Waals surface area contributed by atoms with Gasteiger partial charge in [0, 0.05) is 13.1 Å². The van der Waals surface area contributed by atoms with Crippen LogP contribution in [0.25, 0.3) is 10.8 Å². The van der Waals surface area contributed by atoms with Crippen LogP contribution in [0.5, 0.6) is 5.75 Å². The molecule has 0 aromatic heterocycles. The third kappa shape index (κ3) is 3.97. The van der Waals surface area contributed by atoms with Gasteiger partial charge in [0.15, 0.2) is 0 Å². The SMILES string of the molecule is CCCCN(CC)C(=O)CN1C(=O)N[C@@](C)(c2ccc3cc(OC)ccc3c2)C1=O. The van der Waals surface area contributed by atoms with Crippen LogP contribution in [0.3, 0.4) is 0 Å². The molecule has 0 bridgehead atoms. The van der Waals surface area contributed by atoms with Crippen molar-refractivity contribution in [3.63, 3.8) is 0 Å². The highest BCUT2D eigenvalue weighted by molar-refractivity contribution is 6.09. The van der Waals surface area contributed by atoms with Crippen LogP contribution in [0.4, 0.5) is 4.79 Å². The molecular formula is C23H29N3O4. The van der Waals surface area contributed by atoms with Crippen molar-refractivity contribution in [1.29, 1.82) is 0 Å². The second-order valence-corrected chi connectivity index (χ2v) is 7.70. The quantitative estimate of drug-likeness (QED) is 0.676. The summed E-state index contributed by atoms with van der Waals surface area (Å²) >= 11 is 0. The van der Waals surface area contributed by atoms with Crippen LogP contribution in [0, 0.1) is 0 Å². The third-order valence-electron chi connectivity index (χ3n) is 5.71. The predicted molar refractivity (Wildman–Crippen MR) is 115 cm³/mol. The van der Waals surface area contributed by atoms with Crippen molar-refractivity contribution in [2.45, 2.75) is 39.2 Å². The maximum atomic E-state index is 13.2. The van der Waals surface area contributed by atoms with Gasteiger partial charge in [-0.25, -0.2) is 4.79 Å². The number of carbonyl (C=O) groups excluding carboxylic acids is 3. The normalized spacial score (nSPS) is 18.6. The Morgan fingerprint density at radius 3 is 2.50 bits per heavy atom. The summed E-state index contributed by atoms with van der Waals surface area (Å²) in [5, 5.41) is 4.69. The molecule has 0 unspecified atom stereocenters. The number of nitrogens with one attached hydrogen (secondary N) is 1. The highest BCUT2D eigenvalue weighted by atomic mass is 16.5. The van der Waals surface area contributed by atoms with E-state index in [1.807, 2.05) is 43.3 Å². The summed E-state index contributed by atoms with van der Waals surface area (Å²) in [6.45, 7) is 6.56. The molecule has 4 amide bonds. The lowest BCUT2D eigenvalue weighted by Crippen LogP contribution is -2.44. The van der Waals surface area contributed by atoms with Gasteiger partial charge in [-0.1, -0.05) is 31.5 Å². The van der Waals surface area contributed by atoms with Crippen molar-refractivity contribution in [1.82, 2.24) is 15.1 Å². The van der Waals surface area contributed by atoms with Gasteiger partial charge in [-0.05, 0) is 54.8 Å². The number of rotatable bonds is 8. The second kappa shape index (κ2) is 8.73. The van der Waals surface area contributed by atoms with Crippen molar-refractivity contribution < 1.29 is 19.1 Å². The number of benzene rings is 2. The summed E-state index contributed by atoms with van der Waals surface area (Å²) in [5.41, 5.74) is -0.543. The Kier molecular flexibility index (Phi) is 6.29. The number of unbranched alkanes of at least 4 members (excludes halogenated alkanes) is 1. The molecule has 1 saturated heterocycles. The zero-order valence-corrected chi connectivity index (χ0v) is 18.0. The zero-order valence-electron chi connectivity index (χ0n) is 18.0.